The first-order chi connectivity index (χ1) is 4.83. The third-order valence-corrected chi connectivity index (χ3v) is 1.89. The zero-order chi connectivity index (χ0) is 7.40. The van der Waals surface area contributed by atoms with Crippen LogP contribution in [-0.4, -0.2) is 19.0 Å². The normalized spacial score (nSPS) is 32.5. The van der Waals surface area contributed by atoms with Gasteiger partial charge in [0, 0.05) is 13.0 Å². The molecule has 0 N–H and O–H groups in total. The van der Waals surface area contributed by atoms with Crippen molar-refractivity contribution in [3.8, 4) is 0 Å². The second-order valence-electron chi connectivity index (χ2n) is 3.04. The van der Waals surface area contributed by atoms with Gasteiger partial charge in [-0.2, -0.15) is 0 Å². The number of hydrogen-bond acceptors (Lipinski definition) is 2. The summed E-state index contributed by atoms with van der Waals surface area (Å²) in [5.74, 6) is 0.691. The third-order valence-electron chi connectivity index (χ3n) is 1.89. The van der Waals surface area contributed by atoms with E-state index >= 15 is 0 Å². The summed E-state index contributed by atoms with van der Waals surface area (Å²) in [4.78, 5) is 9.99. The maximum absolute atomic E-state index is 9.99. The van der Waals surface area contributed by atoms with Crippen LogP contribution < -0.4 is 0 Å². The molecule has 0 aromatic heterocycles. The molecule has 0 bridgehead atoms. The first kappa shape index (κ1) is 7.73. The van der Waals surface area contributed by atoms with Crippen molar-refractivity contribution in [3.63, 3.8) is 0 Å². The fourth-order valence-electron chi connectivity index (χ4n) is 1.34. The van der Waals surface area contributed by atoms with Gasteiger partial charge in [0.15, 0.2) is 0 Å². The molecule has 1 fully saturated rings. The number of rotatable bonds is 3. The van der Waals surface area contributed by atoms with E-state index in [1.807, 2.05) is 0 Å². The molecular formula is C8H14O2. The van der Waals surface area contributed by atoms with Gasteiger partial charge in [0.25, 0.3) is 0 Å². The van der Waals surface area contributed by atoms with Crippen molar-refractivity contribution < 1.29 is 9.53 Å². The molecule has 0 spiro atoms. The first-order valence-electron chi connectivity index (χ1n) is 3.88. The van der Waals surface area contributed by atoms with E-state index < -0.39 is 0 Å². The number of carbonyl (C=O) groups is 1. The van der Waals surface area contributed by atoms with Gasteiger partial charge in [-0.1, -0.05) is 6.92 Å². The smallest absolute Gasteiger partial charge is 0.120 e. The Morgan fingerprint density at radius 2 is 2.50 bits per heavy atom. The average molecular weight is 142 g/mol. The molecule has 58 valence electrons. The number of ether oxygens (including phenoxy) is 1. The Morgan fingerprint density at radius 1 is 1.70 bits per heavy atom. The highest BCUT2D eigenvalue weighted by Gasteiger charge is 2.20. The zero-order valence-electron chi connectivity index (χ0n) is 6.38. The monoisotopic (exact) mass is 142 g/mol. The molecule has 2 unspecified atom stereocenters. The summed E-state index contributed by atoms with van der Waals surface area (Å²) in [5, 5.41) is 0. The molecule has 0 aliphatic carbocycles. The van der Waals surface area contributed by atoms with Crippen LogP contribution in [-0.2, 0) is 9.53 Å². The van der Waals surface area contributed by atoms with Gasteiger partial charge in [-0.3, -0.25) is 0 Å². The van der Waals surface area contributed by atoms with Crippen LogP contribution in [0, 0.1) is 5.92 Å². The Hall–Kier alpha value is -0.370. The van der Waals surface area contributed by atoms with Crippen molar-refractivity contribution in [2.45, 2.75) is 32.3 Å². The van der Waals surface area contributed by atoms with E-state index in [-0.39, 0.29) is 0 Å². The lowest BCUT2D eigenvalue weighted by atomic mass is 10.1. The zero-order valence-corrected chi connectivity index (χ0v) is 6.38. The number of aldehydes is 1. The lowest BCUT2D eigenvalue weighted by molar-refractivity contribution is -0.108. The molecular weight excluding hydrogens is 128 g/mol. The molecule has 2 heteroatoms. The topological polar surface area (TPSA) is 26.3 Å². The molecule has 0 aromatic rings. The Bertz CT molecular complexity index is 112. The van der Waals surface area contributed by atoms with Gasteiger partial charge >= 0.3 is 0 Å². The average Bonchev–Trinajstić information content (AvgIpc) is 2.31. The van der Waals surface area contributed by atoms with Gasteiger partial charge in [0.1, 0.15) is 6.29 Å². The molecule has 1 heterocycles. The van der Waals surface area contributed by atoms with Crippen LogP contribution in [0.1, 0.15) is 26.2 Å². The minimum Gasteiger partial charge on any atom is -0.378 e. The Kier molecular flexibility index (Phi) is 2.87. The van der Waals surface area contributed by atoms with E-state index in [0.717, 1.165) is 25.7 Å². The summed E-state index contributed by atoms with van der Waals surface area (Å²) in [6.07, 6.45) is 4.02. The lowest BCUT2D eigenvalue weighted by Crippen LogP contribution is -2.04. The second kappa shape index (κ2) is 3.71. The molecule has 10 heavy (non-hydrogen) atoms. The van der Waals surface area contributed by atoms with E-state index in [9.17, 15) is 4.79 Å². The molecule has 0 amide bonds. The van der Waals surface area contributed by atoms with Crippen molar-refractivity contribution in [3.05, 3.63) is 0 Å². The van der Waals surface area contributed by atoms with Crippen LogP contribution >= 0.6 is 0 Å². The fourth-order valence-corrected chi connectivity index (χ4v) is 1.34. The van der Waals surface area contributed by atoms with Gasteiger partial charge in [-0.25, -0.2) is 0 Å². The van der Waals surface area contributed by atoms with Gasteiger partial charge in [-0.05, 0) is 18.8 Å². The van der Waals surface area contributed by atoms with Crippen LogP contribution in [0.2, 0.25) is 0 Å². The highest BCUT2D eigenvalue weighted by Crippen LogP contribution is 2.21. The quantitative estimate of drug-likeness (QED) is 0.556. The standard InChI is InChI=1S/C8H14O2/c1-7-5-8(10-6-7)3-2-4-9/h4,7-8H,2-3,5-6H2,1H3. The lowest BCUT2D eigenvalue weighted by Gasteiger charge is -2.04. The van der Waals surface area contributed by atoms with E-state index in [1.165, 1.54) is 0 Å². The van der Waals surface area contributed by atoms with Crippen LogP contribution in [0.3, 0.4) is 0 Å². The molecule has 2 atom stereocenters. The molecule has 1 rings (SSSR count). The second-order valence-corrected chi connectivity index (χ2v) is 3.04. The predicted molar refractivity (Wildman–Crippen MR) is 38.8 cm³/mol. The SMILES string of the molecule is CC1COC(CCC=O)C1. The summed E-state index contributed by atoms with van der Waals surface area (Å²) < 4.78 is 5.41. The van der Waals surface area contributed by atoms with Gasteiger partial charge in [0.05, 0.1) is 6.10 Å². The Morgan fingerprint density at radius 3 is 3.00 bits per heavy atom. The summed E-state index contributed by atoms with van der Waals surface area (Å²) >= 11 is 0. The molecule has 0 saturated carbocycles. The van der Waals surface area contributed by atoms with Crippen molar-refractivity contribution >= 4 is 6.29 Å². The van der Waals surface area contributed by atoms with E-state index in [2.05, 4.69) is 6.92 Å². The van der Waals surface area contributed by atoms with Gasteiger partial charge in [-0.15, -0.1) is 0 Å². The minimum atomic E-state index is 0.361. The highest BCUT2D eigenvalue weighted by atomic mass is 16.5. The van der Waals surface area contributed by atoms with Crippen LogP contribution in [0.4, 0.5) is 0 Å². The van der Waals surface area contributed by atoms with Gasteiger partial charge in [0.2, 0.25) is 0 Å². The van der Waals surface area contributed by atoms with Gasteiger partial charge < -0.3 is 9.53 Å². The predicted octanol–water partition coefficient (Wildman–Crippen LogP) is 1.39. The Balaban J connectivity index is 2.12. The van der Waals surface area contributed by atoms with Crippen LogP contribution in [0.15, 0.2) is 0 Å². The summed E-state index contributed by atoms with van der Waals surface area (Å²) in [6.45, 7) is 3.06. The summed E-state index contributed by atoms with van der Waals surface area (Å²) in [7, 11) is 0. The molecule has 0 radical (unpaired) electrons. The molecule has 0 aromatic carbocycles. The minimum absolute atomic E-state index is 0.361. The van der Waals surface area contributed by atoms with Crippen LogP contribution in [0.25, 0.3) is 0 Å². The fraction of sp³-hybridized carbons (Fsp3) is 0.875. The van der Waals surface area contributed by atoms with Crippen molar-refractivity contribution in [1.29, 1.82) is 0 Å². The van der Waals surface area contributed by atoms with Crippen molar-refractivity contribution in [2.24, 2.45) is 5.92 Å². The molecule has 1 saturated heterocycles. The number of hydrogen-bond donors (Lipinski definition) is 0. The van der Waals surface area contributed by atoms with Crippen LogP contribution in [0.5, 0.6) is 0 Å². The van der Waals surface area contributed by atoms with E-state index in [0.29, 0.717) is 18.4 Å². The highest BCUT2D eigenvalue weighted by molar-refractivity contribution is 5.49. The van der Waals surface area contributed by atoms with E-state index in [1.54, 1.807) is 0 Å². The summed E-state index contributed by atoms with van der Waals surface area (Å²) in [6, 6.07) is 0. The Labute approximate surface area is 61.6 Å². The maximum atomic E-state index is 9.99. The first-order valence-corrected chi connectivity index (χ1v) is 3.88. The third kappa shape index (κ3) is 2.10. The molecule has 1 aliphatic rings. The largest absolute Gasteiger partial charge is 0.378 e. The van der Waals surface area contributed by atoms with Crippen molar-refractivity contribution in [1.82, 2.24) is 0 Å². The molecule has 1 aliphatic heterocycles. The molecule has 2 nitrogen and oxygen atoms in total. The number of carbonyl (C=O) groups excluding carboxylic acids is 1. The summed E-state index contributed by atoms with van der Waals surface area (Å²) in [5.41, 5.74) is 0. The van der Waals surface area contributed by atoms with E-state index in [4.69, 9.17) is 4.74 Å². The maximum Gasteiger partial charge on any atom is 0.120 e. The van der Waals surface area contributed by atoms with Crippen molar-refractivity contribution in [2.75, 3.05) is 6.61 Å².